The Hall–Kier alpha value is -1.90. The van der Waals surface area contributed by atoms with Crippen LogP contribution in [0.25, 0.3) is 0 Å². The fraction of sp³-hybridized carbons (Fsp3) is 0.476. The van der Waals surface area contributed by atoms with E-state index in [9.17, 15) is 13.2 Å². The van der Waals surface area contributed by atoms with Crippen LogP contribution in [0, 0.1) is 0 Å². The van der Waals surface area contributed by atoms with Crippen LogP contribution in [0.4, 0.5) is 0 Å². The van der Waals surface area contributed by atoms with Crippen molar-refractivity contribution in [3.63, 3.8) is 0 Å². The second-order valence-corrected chi connectivity index (χ2v) is 9.57. The summed E-state index contributed by atoms with van der Waals surface area (Å²) in [6, 6.07) is 10.3. The molecule has 0 aliphatic carbocycles. The Bertz CT molecular complexity index is 834. The molecule has 0 bridgehead atoms. The number of thiophene rings is 1. The molecule has 6 nitrogen and oxygen atoms in total. The van der Waals surface area contributed by atoms with Crippen molar-refractivity contribution in [3.05, 3.63) is 52.2 Å². The number of carbonyl (C=O) groups is 1. The van der Waals surface area contributed by atoms with Gasteiger partial charge < -0.3 is 9.64 Å². The maximum Gasteiger partial charge on any atom is 0.234 e. The first kappa shape index (κ1) is 23.4. The number of ether oxygens (including phenoxy) is 1. The lowest BCUT2D eigenvalue weighted by atomic mass is 10.1. The van der Waals surface area contributed by atoms with Gasteiger partial charge in [0.1, 0.15) is 5.75 Å². The topological polar surface area (TPSA) is 75.7 Å². The van der Waals surface area contributed by atoms with E-state index in [0.29, 0.717) is 13.2 Å². The molecule has 0 saturated heterocycles. The van der Waals surface area contributed by atoms with Crippen molar-refractivity contribution in [3.8, 4) is 5.75 Å². The Morgan fingerprint density at radius 2 is 1.86 bits per heavy atom. The van der Waals surface area contributed by atoms with Gasteiger partial charge in [0.05, 0.1) is 12.9 Å². The summed E-state index contributed by atoms with van der Waals surface area (Å²) in [7, 11) is -3.49. The summed E-state index contributed by atoms with van der Waals surface area (Å²) in [6.07, 6.45) is 3.90. The van der Waals surface area contributed by atoms with E-state index in [4.69, 9.17) is 4.74 Å². The van der Waals surface area contributed by atoms with Gasteiger partial charge in [0.15, 0.2) is 0 Å². The predicted octanol–water partition coefficient (Wildman–Crippen LogP) is 3.29. The van der Waals surface area contributed by atoms with E-state index in [-0.39, 0.29) is 6.42 Å². The van der Waals surface area contributed by atoms with Gasteiger partial charge in [-0.05, 0) is 65.9 Å². The first-order valence-electron chi connectivity index (χ1n) is 9.81. The van der Waals surface area contributed by atoms with E-state index in [0.717, 1.165) is 44.4 Å². The number of hydrogen-bond donors (Lipinski definition) is 1. The average molecular weight is 439 g/mol. The molecule has 160 valence electrons. The normalized spacial score (nSPS) is 11.6. The highest BCUT2D eigenvalue weighted by molar-refractivity contribution is 7.89. The Balaban J connectivity index is 1.69. The van der Waals surface area contributed by atoms with E-state index in [1.807, 2.05) is 16.9 Å². The molecule has 0 radical (unpaired) electrons. The largest absolute Gasteiger partial charge is 0.494 e. The van der Waals surface area contributed by atoms with E-state index in [1.54, 1.807) is 11.3 Å². The summed E-state index contributed by atoms with van der Waals surface area (Å²) >= 11 is 1.71. The first-order chi connectivity index (χ1) is 13.9. The molecule has 2 aromatic rings. The maximum absolute atomic E-state index is 11.7. The van der Waals surface area contributed by atoms with Crippen LogP contribution < -0.4 is 9.46 Å². The monoisotopic (exact) mass is 438 g/mol. The van der Waals surface area contributed by atoms with Gasteiger partial charge in [-0.3, -0.25) is 9.52 Å². The molecular weight excluding hydrogens is 408 g/mol. The second kappa shape index (κ2) is 11.9. The Kier molecular flexibility index (Phi) is 9.63. The minimum absolute atomic E-state index is 0.166. The number of carbonyl (C=O) groups excluding carboxylic acids is 1. The minimum Gasteiger partial charge on any atom is -0.494 e. The molecule has 0 aliphatic rings. The summed E-state index contributed by atoms with van der Waals surface area (Å²) in [5, 5.41) is 4.25. The van der Waals surface area contributed by atoms with Gasteiger partial charge in [-0.2, -0.15) is 11.3 Å². The van der Waals surface area contributed by atoms with E-state index >= 15 is 0 Å². The third-order valence-corrected chi connectivity index (χ3v) is 5.62. The minimum atomic E-state index is -3.49. The van der Waals surface area contributed by atoms with Gasteiger partial charge in [0.2, 0.25) is 15.9 Å². The summed E-state index contributed by atoms with van der Waals surface area (Å²) < 4.78 is 30.0. The van der Waals surface area contributed by atoms with E-state index < -0.39 is 15.9 Å². The van der Waals surface area contributed by atoms with Crippen molar-refractivity contribution >= 4 is 27.3 Å². The third-order valence-electron chi connectivity index (χ3n) is 4.29. The van der Waals surface area contributed by atoms with Crippen LogP contribution in [-0.2, 0) is 21.2 Å². The average Bonchev–Trinajstić information content (AvgIpc) is 3.16. The van der Waals surface area contributed by atoms with Gasteiger partial charge in [0.25, 0.3) is 0 Å². The molecule has 29 heavy (non-hydrogen) atoms. The summed E-state index contributed by atoms with van der Waals surface area (Å²) in [6.45, 7) is 4.88. The van der Waals surface area contributed by atoms with Crippen molar-refractivity contribution in [2.45, 2.75) is 32.6 Å². The van der Waals surface area contributed by atoms with Gasteiger partial charge in [0, 0.05) is 19.5 Å². The van der Waals surface area contributed by atoms with Gasteiger partial charge >= 0.3 is 0 Å². The van der Waals surface area contributed by atoms with Crippen molar-refractivity contribution in [1.82, 2.24) is 9.62 Å². The quantitative estimate of drug-likeness (QED) is 0.486. The lowest BCUT2D eigenvalue weighted by Gasteiger charge is -2.21. The molecule has 0 fully saturated rings. The summed E-state index contributed by atoms with van der Waals surface area (Å²) in [5.74, 6) is 0.390. The Morgan fingerprint density at radius 1 is 1.10 bits per heavy atom. The number of nitrogens with one attached hydrogen (secondary N) is 1. The molecule has 2 rings (SSSR count). The zero-order valence-corrected chi connectivity index (χ0v) is 18.7. The van der Waals surface area contributed by atoms with Crippen LogP contribution in [-0.4, -0.2) is 51.7 Å². The zero-order chi connectivity index (χ0) is 21.1. The van der Waals surface area contributed by atoms with Crippen molar-refractivity contribution in [2.75, 3.05) is 32.5 Å². The Labute approximate surface area is 177 Å². The fourth-order valence-electron chi connectivity index (χ4n) is 2.98. The molecule has 0 unspecified atom stereocenters. The van der Waals surface area contributed by atoms with Crippen LogP contribution in [0.2, 0.25) is 0 Å². The predicted molar refractivity (Wildman–Crippen MR) is 118 cm³/mol. The van der Waals surface area contributed by atoms with Crippen molar-refractivity contribution in [1.29, 1.82) is 0 Å². The fourth-order valence-corrected chi connectivity index (χ4v) is 4.16. The number of nitrogens with zero attached hydrogens (tertiary/aromatic N) is 1. The van der Waals surface area contributed by atoms with Crippen LogP contribution in [0.1, 0.15) is 37.3 Å². The number of sulfonamides is 1. The number of amides is 1. The maximum atomic E-state index is 11.7. The van der Waals surface area contributed by atoms with Crippen LogP contribution in [0.3, 0.4) is 0 Å². The van der Waals surface area contributed by atoms with Crippen molar-refractivity contribution in [2.24, 2.45) is 0 Å². The summed E-state index contributed by atoms with van der Waals surface area (Å²) in [5.41, 5.74) is 2.59. The number of benzene rings is 1. The molecular formula is C21H30N2O4S2. The molecule has 0 saturated carbocycles. The molecule has 1 amide bonds. The SMILES string of the molecule is CCCN(CCCOc1ccc(Cc2ccsc2)cc1)CCC(=O)NS(C)(=O)=O. The van der Waals surface area contributed by atoms with Crippen LogP contribution >= 0.6 is 11.3 Å². The van der Waals surface area contributed by atoms with Gasteiger partial charge in [-0.1, -0.05) is 19.1 Å². The zero-order valence-electron chi connectivity index (χ0n) is 17.1. The number of rotatable bonds is 13. The molecule has 1 aromatic heterocycles. The third kappa shape index (κ3) is 9.92. The molecule has 1 heterocycles. The molecule has 1 N–H and O–H groups in total. The molecule has 0 aliphatic heterocycles. The highest BCUT2D eigenvalue weighted by Gasteiger charge is 2.11. The highest BCUT2D eigenvalue weighted by atomic mass is 32.2. The molecule has 1 aromatic carbocycles. The molecule has 0 atom stereocenters. The van der Waals surface area contributed by atoms with Crippen LogP contribution in [0.15, 0.2) is 41.1 Å². The standard InChI is InChI=1S/C21H30N2O4S2/c1-3-11-23(13-9-21(24)22-29(2,25)26)12-4-14-27-20-7-5-18(6-8-20)16-19-10-15-28-17-19/h5-8,10,15,17H,3-4,9,11-14,16H2,1-2H3,(H,22,24). The van der Waals surface area contributed by atoms with Gasteiger partial charge in [-0.25, -0.2) is 8.42 Å². The van der Waals surface area contributed by atoms with Crippen LogP contribution in [0.5, 0.6) is 5.75 Å². The summed E-state index contributed by atoms with van der Waals surface area (Å²) in [4.78, 5) is 13.8. The lowest BCUT2D eigenvalue weighted by molar-refractivity contribution is -0.119. The molecule has 0 spiro atoms. The van der Waals surface area contributed by atoms with E-state index in [2.05, 4.69) is 40.8 Å². The van der Waals surface area contributed by atoms with Gasteiger partial charge in [-0.15, -0.1) is 0 Å². The number of hydrogen-bond acceptors (Lipinski definition) is 6. The lowest BCUT2D eigenvalue weighted by Crippen LogP contribution is -2.34. The Morgan fingerprint density at radius 3 is 2.48 bits per heavy atom. The molecule has 8 heteroatoms. The smallest absolute Gasteiger partial charge is 0.234 e. The first-order valence-corrected chi connectivity index (χ1v) is 12.6. The van der Waals surface area contributed by atoms with E-state index in [1.165, 1.54) is 11.1 Å². The highest BCUT2D eigenvalue weighted by Crippen LogP contribution is 2.17. The van der Waals surface area contributed by atoms with Crippen molar-refractivity contribution < 1.29 is 17.9 Å². The second-order valence-electron chi connectivity index (χ2n) is 7.04.